The van der Waals surface area contributed by atoms with E-state index in [2.05, 4.69) is 30.3 Å². The Kier molecular flexibility index (Phi) is 6.91. The van der Waals surface area contributed by atoms with Gasteiger partial charge in [-0.25, -0.2) is 14.8 Å². The van der Waals surface area contributed by atoms with E-state index in [9.17, 15) is 23.1 Å². The number of rotatable bonds is 6. The van der Waals surface area contributed by atoms with Crippen molar-refractivity contribution in [3.8, 4) is 17.0 Å². The quantitative estimate of drug-likeness (QED) is 0.226. The Morgan fingerprint density at radius 2 is 1.75 bits per heavy atom. The predicted molar refractivity (Wildman–Crippen MR) is 126 cm³/mol. The first kappa shape index (κ1) is 24.3. The van der Waals surface area contributed by atoms with E-state index in [4.69, 9.17) is 0 Å². The SMILES string of the molecule is COC(=O)c1cc(O)cc(/N=N/c2ccccc2-c2ccnc(Nc3ccc(C(F)(F)F)cc3)n2)c1. The summed E-state index contributed by atoms with van der Waals surface area (Å²) in [5.74, 6) is -0.624. The Labute approximate surface area is 203 Å². The molecule has 4 aromatic rings. The maximum Gasteiger partial charge on any atom is 0.416 e. The molecule has 0 aliphatic heterocycles. The molecule has 8 nitrogen and oxygen atoms in total. The van der Waals surface area contributed by atoms with Crippen molar-refractivity contribution >= 4 is 29.0 Å². The zero-order valence-electron chi connectivity index (χ0n) is 18.7. The highest BCUT2D eigenvalue weighted by Gasteiger charge is 2.29. The number of alkyl halides is 3. The molecule has 0 saturated heterocycles. The van der Waals surface area contributed by atoms with Crippen LogP contribution in [0.1, 0.15) is 15.9 Å². The molecule has 0 aliphatic rings. The molecule has 1 heterocycles. The van der Waals surface area contributed by atoms with E-state index < -0.39 is 17.7 Å². The maximum atomic E-state index is 12.8. The van der Waals surface area contributed by atoms with Crippen LogP contribution in [0.3, 0.4) is 0 Å². The lowest BCUT2D eigenvalue weighted by Crippen LogP contribution is -2.04. The van der Waals surface area contributed by atoms with Crippen LogP contribution in [0.5, 0.6) is 5.75 Å². The Hall–Kier alpha value is -4.80. The van der Waals surface area contributed by atoms with Crippen LogP contribution in [0.15, 0.2) is 89.2 Å². The molecule has 1 aromatic heterocycles. The van der Waals surface area contributed by atoms with E-state index >= 15 is 0 Å². The van der Waals surface area contributed by atoms with Gasteiger partial charge in [0.25, 0.3) is 0 Å². The number of halogens is 3. The second-order valence-electron chi connectivity index (χ2n) is 7.41. The molecule has 2 N–H and O–H groups in total. The summed E-state index contributed by atoms with van der Waals surface area (Å²) in [4.78, 5) is 20.3. The fourth-order valence-electron chi connectivity index (χ4n) is 3.22. The summed E-state index contributed by atoms with van der Waals surface area (Å²) < 4.78 is 43.0. The number of phenolic OH excluding ortho intramolecular Hbond substituents is 1. The maximum absolute atomic E-state index is 12.8. The molecule has 0 radical (unpaired) electrons. The molecule has 4 rings (SSSR count). The standard InChI is InChI=1S/C25H18F3N5O3/c1-36-23(35)15-12-18(14-19(34)13-15)32-33-22-5-3-2-4-20(22)21-10-11-29-24(31-21)30-17-8-6-16(7-9-17)25(26,27)28/h2-14,34H,1H3,(H,29,30,31)/b33-32+. The normalized spacial score (nSPS) is 11.4. The smallest absolute Gasteiger partial charge is 0.416 e. The van der Waals surface area contributed by atoms with Crippen LogP contribution in [0.2, 0.25) is 0 Å². The summed E-state index contributed by atoms with van der Waals surface area (Å²) in [5.41, 5.74) is 1.52. The number of anilines is 2. The van der Waals surface area contributed by atoms with Gasteiger partial charge >= 0.3 is 12.1 Å². The van der Waals surface area contributed by atoms with E-state index in [-0.39, 0.29) is 22.9 Å². The molecule has 0 fully saturated rings. The number of methoxy groups -OCH3 is 1. The van der Waals surface area contributed by atoms with E-state index in [0.29, 0.717) is 22.6 Å². The number of esters is 1. The minimum Gasteiger partial charge on any atom is -0.508 e. The van der Waals surface area contributed by atoms with Crippen molar-refractivity contribution in [3.05, 3.63) is 90.1 Å². The van der Waals surface area contributed by atoms with Crippen molar-refractivity contribution in [1.29, 1.82) is 0 Å². The minimum atomic E-state index is -4.42. The number of carbonyl (C=O) groups is 1. The van der Waals surface area contributed by atoms with Crippen molar-refractivity contribution in [2.45, 2.75) is 6.18 Å². The number of azo groups is 1. The number of aromatic hydroxyl groups is 1. The molecule has 0 unspecified atom stereocenters. The lowest BCUT2D eigenvalue weighted by atomic mass is 10.1. The largest absolute Gasteiger partial charge is 0.508 e. The number of hydrogen-bond acceptors (Lipinski definition) is 8. The van der Waals surface area contributed by atoms with Crippen molar-refractivity contribution in [2.75, 3.05) is 12.4 Å². The number of carbonyl (C=O) groups excluding carboxylic acids is 1. The lowest BCUT2D eigenvalue weighted by molar-refractivity contribution is -0.137. The highest BCUT2D eigenvalue weighted by molar-refractivity contribution is 5.90. The van der Waals surface area contributed by atoms with E-state index in [0.717, 1.165) is 12.1 Å². The van der Waals surface area contributed by atoms with Crippen LogP contribution in [0.25, 0.3) is 11.3 Å². The van der Waals surface area contributed by atoms with Gasteiger partial charge < -0.3 is 15.2 Å². The van der Waals surface area contributed by atoms with Gasteiger partial charge in [-0.3, -0.25) is 0 Å². The van der Waals surface area contributed by atoms with Crippen molar-refractivity contribution < 1.29 is 27.8 Å². The van der Waals surface area contributed by atoms with Gasteiger partial charge in [0.2, 0.25) is 5.95 Å². The molecule has 0 bridgehead atoms. The Morgan fingerprint density at radius 1 is 1.00 bits per heavy atom. The molecule has 0 saturated carbocycles. The molecule has 36 heavy (non-hydrogen) atoms. The van der Waals surface area contributed by atoms with Crippen LogP contribution in [0, 0.1) is 0 Å². The zero-order chi connectivity index (χ0) is 25.7. The molecule has 0 atom stereocenters. The van der Waals surface area contributed by atoms with Gasteiger partial charge in [0, 0.05) is 23.5 Å². The van der Waals surface area contributed by atoms with Gasteiger partial charge in [-0.15, -0.1) is 5.11 Å². The number of hydrogen-bond donors (Lipinski definition) is 2. The fraction of sp³-hybridized carbons (Fsp3) is 0.0800. The lowest BCUT2D eigenvalue weighted by Gasteiger charge is -2.10. The Balaban J connectivity index is 1.59. The second kappa shape index (κ2) is 10.2. The van der Waals surface area contributed by atoms with Crippen molar-refractivity contribution in [1.82, 2.24) is 9.97 Å². The molecule has 11 heteroatoms. The number of aromatic nitrogens is 2. The summed E-state index contributed by atoms with van der Waals surface area (Å²) in [7, 11) is 1.23. The third-order valence-electron chi connectivity index (χ3n) is 4.90. The van der Waals surface area contributed by atoms with Gasteiger partial charge in [0.05, 0.1) is 35.3 Å². The summed E-state index contributed by atoms with van der Waals surface area (Å²) in [6.07, 6.45) is -2.92. The molecule has 182 valence electrons. The number of phenols is 1. The van der Waals surface area contributed by atoms with Gasteiger partial charge in [-0.05, 0) is 48.5 Å². The predicted octanol–water partition coefficient (Wildman–Crippen LogP) is 6.81. The minimum absolute atomic E-state index is 0.120. The highest BCUT2D eigenvalue weighted by Crippen LogP contribution is 2.33. The van der Waals surface area contributed by atoms with Gasteiger partial charge in [0.1, 0.15) is 5.75 Å². The van der Waals surface area contributed by atoms with E-state index in [1.54, 1.807) is 30.3 Å². The summed E-state index contributed by atoms with van der Waals surface area (Å²) in [6.45, 7) is 0. The van der Waals surface area contributed by atoms with E-state index in [1.165, 1.54) is 43.6 Å². The fourth-order valence-corrected chi connectivity index (χ4v) is 3.22. The first-order valence-corrected chi connectivity index (χ1v) is 10.4. The third kappa shape index (κ3) is 5.81. The third-order valence-corrected chi connectivity index (χ3v) is 4.90. The second-order valence-corrected chi connectivity index (χ2v) is 7.41. The Bertz CT molecular complexity index is 1420. The molecule has 0 amide bonds. The average molecular weight is 493 g/mol. The van der Waals surface area contributed by atoms with Crippen molar-refractivity contribution in [2.24, 2.45) is 10.2 Å². The number of benzene rings is 3. The van der Waals surface area contributed by atoms with Crippen LogP contribution in [0.4, 0.5) is 36.2 Å². The average Bonchev–Trinajstić information content (AvgIpc) is 2.87. The molecule has 0 aliphatic carbocycles. The molecule has 0 spiro atoms. The first-order valence-electron chi connectivity index (χ1n) is 10.4. The first-order chi connectivity index (χ1) is 17.2. The molecular formula is C25H18F3N5O3. The van der Waals surface area contributed by atoms with Gasteiger partial charge in [-0.2, -0.15) is 18.3 Å². The van der Waals surface area contributed by atoms with Gasteiger partial charge in [-0.1, -0.05) is 18.2 Å². The highest BCUT2D eigenvalue weighted by atomic mass is 19.4. The summed E-state index contributed by atoms with van der Waals surface area (Å²) in [5, 5.41) is 21.1. The van der Waals surface area contributed by atoms with Crippen LogP contribution in [-0.2, 0) is 10.9 Å². The van der Waals surface area contributed by atoms with Crippen LogP contribution >= 0.6 is 0 Å². The van der Waals surface area contributed by atoms with Crippen LogP contribution in [-0.4, -0.2) is 28.2 Å². The Morgan fingerprint density at radius 3 is 2.47 bits per heavy atom. The van der Waals surface area contributed by atoms with Crippen molar-refractivity contribution in [3.63, 3.8) is 0 Å². The monoisotopic (exact) mass is 493 g/mol. The summed E-state index contributed by atoms with van der Waals surface area (Å²) >= 11 is 0. The summed E-state index contributed by atoms with van der Waals surface area (Å²) in [6, 6.07) is 17.2. The number of nitrogens with zero attached hydrogens (tertiary/aromatic N) is 4. The number of nitrogens with one attached hydrogen (secondary N) is 1. The van der Waals surface area contributed by atoms with Crippen LogP contribution < -0.4 is 5.32 Å². The zero-order valence-corrected chi connectivity index (χ0v) is 18.7. The number of ether oxygens (including phenoxy) is 1. The van der Waals surface area contributed by atoms with E-state index in [1.807, 2.05) is 0 Å². The molecule has 3 aromatic carbocycles. The topological polar surface area (TPSA) is 109 Å². The van der Waals surface area contributed by atoms with Gasteiger partial charge in [0.15, 0.2) is 0 Å². The molecular weight excluding hydrogens is 475 g/mol.